The van der Waals surface area contributed by atoms with Crippen molar-refractivity contribution in [2.24, 2.45) is 0 Å². The van der Waals surface area contributed by atoms with E-state index in [0.29, 0.717) is 24.4 Å². The van der Waals surface area contributed by atoms with Crippen LogP contribution in [0.1, 0.15) is 12.0 Å². The van der Waals surface area contributed by atoms with Gasteiger partial charge in [-0.2, -0.15) is 0 Å². The van der Waals surface area contributed by atoms with Gasteiger partial charge in [0.25, 0.3) is 0 Å². The van der Waals surface area contributed by atoms with Crippen molar-refractivity contribution in [1.29, 1.82) is 0 Å². The zero-order chi connectivity index (χ0) is 16.5. The molecule has 0 heterocycles. The minimum absolute atomic E-state index is 0.0314. The number of nitrogens with one attached hydrogen (secondary N) is 2. The lowest BCUT2D eigenvalue weighted by atomic mass is 10.2. The summed E-state index contributed by atoms with van der Waals surface area (Å²) < 4.78 is 18.7. The number of halogens is 1. The fourth-order valence-electron chi connectivity index (χ4n) is 1.91. The first-order valence-corrected chi connectivity index (χ1v) is 7.30. The van der Waals surface area contributed by atoms with E-state index < -0.39 is 0 Å². The van der Waals surface area contributed by atoms with Crippen LogP contribution in [0.25, 0.3) is 0 Å². The smallest absolute Gasteiger partial charge is 0.319 e. The first kappa shape index (κ1) is 16.8. The van der Waals surface area contributed by atoms with Crippen LogP contribution in [0.4, 0.5) is 14.9 Å². The Bertz CT molecular complexity index is 649. The summed E-state index contributed by atoms with van der Waals surface area (Å²) in [5.41, 5.74) is 1.31. The van der Waals surface area contributed by atoms with E-state index in [4.69, 9.17) is 9.84 Å². The standard InChI is InChI=1S/C17H19FN2O3/c18-14-5-1-4-13(10-14)12-23-16-7-2-6-15(11-16)20-17(22)19-8-3-9-21/h1-2,4-7,10-11,21H,3,8-9,12H2,(H2,19,20,22). The first-order valence-electron chi connectivity index (χ1n) is 7.30. The molecule has 6 heteroatoms. The van der Waals surface area contributed by atoms with Gasteiger partial charge < -0.3 is 20.5 Å². The first-order chi connectivity index (χ1) is 11.2. The Kier molecular flexibility index (Phi) is 6.38. The minimum atomic E-state index is -0.347. The summed E-state index contributed by atoms with van der Waals surface area (Å²) >= 11 is 0. The quantitative estimate of drug-likeness (QED) is 0.688. The Morgan fingerprint density at radius 3 is 2.78 bits per heavy atom. The molecule has 2 aromatic rings. The molecule has 0 aliphatic carbocycles. The number of aliphatic hydroxyl groups is 1. The lowest BCUT2D eigenvalue weighted by Gasteiger charge is -2.10. The van der Waals surface area contributed by atoms with Gasteiger partial charge in [-0.25, -0.2) is 9.18 Å². The maximum Gasteiger partial charge on any atom is 0.319 e. The molecule has 0 fully saturated rings. The Morgan fingerprint density at radius 1 is 1.17 bits per heavy atom. The van der Waals surface area contributed by atoms with Gasteiger partial charge in [-0.1, -0.05) is 18.2 Å². The third-order valence-corrected chi connectivity index (χ3v) is 3.01. The van der Waals surface area contributed by atoms with E-state index in [-0.39, 0.29) is 25.1 Å². The molecule has 23 heavy (non-hydrogen) atoms. The van der Waals surface area contributed by atoms with Crippen LogP contribution in [-0.2, 0) is 6.61 Å². The fraction of sp³-hybridized carbons (Fsp3) is 0.235. The third-order valence-electron chi connectivity index (χ3n) is 3.01. The fourth-order valence-corrected chi connectivity index (χ4v) is 1.91. The second kappa shape index (κ2) is 8.75. The number of hydrogen-bond acceptors (Lipinski definition) is 3. The van der Waals surface area contributed by atoms with E-state index in [1.54, 1.807) is 36.4 Å². The molecule has 0 spiro atoms. The van der Waals surface area contributed by atoms with Gasteiger partial charge in [0.15, 0.2) is 0 Å². The number of hydrogen-bond donors (Lipinski definition) is 3. The summed E-state index contributed by atoms with van der Waals surface area (Å²) in [6.07, 6.45) is 0.504. The SMILES string of the molecule is O=C(NCCCO)Nc1cccc(OCc2cccc(F)c2)c1. The van der Waals surface area contributed by atoms with Crippen molar-refractivity contribution in [1.82, 2.24) is 5.32 Å². The second-order valence-corrected chi connectivity index (χ2v) is 4.90. The molecule has 2 aromatic carbocycles. The molecular formula is C17H19FN2O3. The van der Waals surface area contributed by atoms with Gasteiger partial charge >= 0.3 is 6.03 Å². The van der Waals surface area contributed by atoms with Gasteiger partial charge in [0.1, 0.15) is 18.2 Å². The highest BCUT2D eigenvalue weighted by Crippen LogP contribution is 2.18. The van der Waals surface area contributed by atoms with Gasteiger partial charge in [-0.15, -0.1) is 0 Å². The molecule has 0 atom stereocenters. The van der Waals surface area contributed by atoms with Crippen molar-refractivity contribution in [2.45, 2.75) is 13.0 Å². The minimum Gasteiger partial charge on any atom is -0.489 e. The molecule has 122 valence electrons. The van der Waals surface area contributed by atoms with E-state index >= 15 is 0 Å². The van der Waals surface area contributed by atoms with Crippen LogP contribution in [0.5, 0.6) is 5.75 Å². The molecule has 0 unspecified atom stereocenters. The van der Waals surface area contributed by atoms with E-state index in [0.717, 1.165) is 5.56 Å². The van der Waals surface area contributed by atoms with Crippen molar-refractivity contribution < 1.29 is 19.0 Å². The molecule has 2 amide bonds. The molecular weight excluding hydrogens is 299 g/mol. The van der Waals surface area contributed by atoms with Crippen LogP contribution >= 0.6 is 0 Å². The number of benzene rings is 2. The molecule has 0 radical (unpaired) electrons. The number of ether oxygens (including phenoxy) is 1. The Morgan fingerprint density at radius 2 is 2.00 bits per heavy atom. The molecule has 0 aliphatic rings. The van der Waals surface area contributed by atoms with Crippen molar-refractivity contribution in [3.05, 3.63) is 59.9 Å². The van der Waals surface area contributed by atoms with Crippen LogP contribution < -0.4 is 15.4 Å². The summed E-state index contributed by atoms with van der Waals surface area (Å²) in [4.78, 5) is 11.6. The number of urea groups is 1. The summed E-state index contributed by atoms with van der Waals surface area (Å²) in [6, 6.07) is 12.8. The highest BCUT2D eigenvalue weighted by Gasteiger charge is 2.03. The Labute approximate surface area is 134 Å². The molecule has 0 bridgehead atoms. The predicted molar refractivity (Wildman–Crippen MR) is 85.9 cm³/mol. The number of rotatable bonds is 7. The van der Waals surface area contributed by atoms with Crippen LogP contribution in [-0.4, -0.2) is 24.3 Å². The predicted octanol–water partition coefficient (Wildman–Crippen LogP) is 2.91. The van der Waals surface area contributed by atoms with Crippen molar-refractivity contribution >= 4 is 11.7 Å². The maximum atomic E-state index is 13.1. The third kappa shape index (κ3) is 5.96. The number of amides is 2. The second-order valence-electron chi connectivity index (χ2n) is 4.90. The van der Waals surface area contributed by atoms with Crippen LogP contribution in [0.2, 0.25) is 0 Å². The normalized spacial score (nSPS) is 10.2. The Balaban J connectivity index is 1.88. The molecule has 0 aromatic heterocycles. The van der Waals surface area contributed by atoms with Gasteiger partial charge in [0, 0.05) is 24.9 Å². The van der Waals surface area contributed by atoms with Gasteiger partial charge in [0.2, 0.25) is 0 Å². The summed E-state index contributed by atoms with van der Waals surface area (Å²) in [5, 5.41) is 14.0. The largest absolute Gasteiger partial charge is 0.489 e. The highest BCUT2D eigenvalue weighted by molar-refractivity contribution is 5.89. The van der Waals surface area contributed by atoms with Crippen LogP contribution in [0.3, 0.4) is 0 Å². The average molecular weight is 318 g/mol. The zero-order valence-corrected chi connectivity index (χ0v) is 12.6. The molecule has 0 saturated heterocycles. The van der Waals surface area contributed by atoms with Crippen LogP contribution in [0, 0.1) is 5.82 Å². The lowest BCUT2D eigenvalue weighted by Crippen LogP contribution is -2.29. The molecule has 0 saturated carbocycles. The van der Waals surface area contributed by atoms with Gasteiger partial charge in [-0.05, 0) is 36.2 Å². The van der Waals surface area contributed by atoms with Crippen molar-refractivity contribution in [3.63, 3.8) is 0 Å². The summed E-state index contributed by atoms with van der Waals surface area (Å²) in [5.74, 6) is 0.267. The highest BCUT2D eigenvalue weighted by atomic mass is 19.1. The van der Waals surface area contributed by atoms with Crippen LogP contribution in [0.15, 0.2) is 48.5 Å². The molecule has 0 aliphatic heterocycles. The topological polar surface area (TPSA) is 70.6 Å². The molecule has 2 rings (SSSR count). The van der Waals surface area contributed by atoms with Gasteiger partial charge in [-0.3, -0.25) is 0 Å². The average Bonchev–Trinajstić information content (AvgIpc) is 2.54. The summed E-state index contributed by atoms with van der Waals surface area (Å²) in [7, 11) is 0. The number of anilines is 1. The number of carbonyl (C=O) groups is 1. The molecule has 5 nitrogen and oxygen atoms in total. The summed E-state index contributed by atoms with van der Waals surface area (Å²) in [6.45, 7) is 0.672. The van der Waals surface area contributed by atoms with E-state index in [2.05, 4.69) is 10.6 Å². The van der Waals surface area contributed by atoms with E-state index in [1.165, 1.54) is 12.1 Å². The van der Waals surface area contributed by atoms with Crippen molar-refractivity contribution in [2.75, 3.05) is 18.5 Å². The number of carbonyl (C=O) groups excluding carboxylic acids is 1. The Hall–Kier alpha value is -2.60. The van der Waals surface area contributed by atoms with Gasteiger partial charge in [0.05, 0.1) is 0 Å². The zero-order valence-electron chi connectivity index (χ0n) is 12.6. The monoisotopic (exact) mass is 318 g/mol. The van der Waals surface area contributed by atoms with E-state index in [9.17, 15) is 9.18 Å². The lowest BCUT2D eigenvalue weighted by molar-refractivity contribution is 0.249. The van der Waals surface area contributed by atoms with Crippen molar-refractivity contribution in [3.8, 4) is 5.75 Å². The van der Waals surface area contributed by atoms with E-state index in [1.807, 2.05) is 0 Å². The molecule has 3 N–H and O–H groups in total. The number of aliphatic hydroxyl groups excluding tert-OH is 1. The maximum absolute atomic E-state index is 13.1.